The second kappa shape index (κ2) is 5.08. The third-order valence-electron chi connectivity index (χ3n) is 2.06. The highest BCUT2D eigenvalue weighted by Gasteiger charge is 2.12. The van der Waals surface area contributed by atoms with Crippen molar-refractivity contribution in [1.82, 2.24) is 0 Å². The molecule has 1 rings (SSSR count). The van der Waals surface area contributed by atoms with Gasteiger partial charge in [-0.05, 0) is 24.6 Å². The maximum Gasteiger partial charge on any atom is 0.339 e. The van der Waals surface area contributed by atoms with Gasteiger partial charge in [0.05, 0.1) is 18.2 Å². The predicted molar refractivity (Wildman–Crippen MR) is 56.9 cm³/mol. The highest BCUT2D eigenvalue weighted by molar-refractivity contribution is 5.92. The first-order chi connectivity index (χ1) is 7.58. The molecule has 0 bridgehead atoms. The molecule has 0 aliphatic rings. The summed E-state index contributed by atoms with van der Waals surface area (Å²) in [6.45, 7) is 1.47. The molecule has 4 heteroatoms. The smallest absolute Gasteiger partial charge is 0.339 e. The van der Waals surface area contributed by atoms with E-state index in [1.165, 1.54) is 26.2 Å². The number of carbonyl (C=O) groups excluding carboxylic acids is 2. The summed E-state index contributed by atoms with van der Waals surface area (Å²) in [6, 6.07) is 6.60. The van der Waals surface area contributed by atoms with Crippen molar-refractivity contribution < 1.29 is 14.3 Å². The standard InChI is InChI=1S/C12H11NO3/c1-8(14)5-9-3-4-11(12(15)16-2)10(6-9)7-13/h3-4,6H,5H2,1-2H3. The molecule has 4 nitrogen and oxygen atoms in total. The van der Waals surface area contributed by atoms with Gasteiger partial charge in [-0.3, -0.25) is 4.79 Å². The van der Waals surface area contributed by atoms with E-state index in [-0.39, 0.29) is 23.3 Å². The molecule has 0 saturated carbocycles. The zero-order valence-electron chi connectivity index (χ0n) is 9.11. The molecular formula is C12H11NO3. The molecule has 0 amide bonds. The number of methoxy groups -OCH3 is 1. The number of Topliss-reactive ketones (excluding diaryl/α,β-unsaturated/α-hetero) is 1. The lowest BCUT2D eigenvalue weighted by atomic mass is 10.0. The van der Waals surface area contributed by atoms with Gasteiger partial charge in [-0.25, -0.2) is 4.79 Å². The number of esters is 1. The third kappa shape index (κ3) is 2.67. The first kappa shape index (κ1) is 11.9. The van der Waals surface area contributed by atoms with Crippen molar-refractivity contribution in [3.8, 4) is 6.07 Å². The third-order valence-corrected chi connectivity index (χ3v) is 2.06. The molecule has 0 spiro atoms. The minimum Gasteiger partial charge on any atom is -0.465 e. The lowest BCUT2D eigenvalue weighted by Crippen LogP contribution is -2.05. The number of ether oxygens (including phenoxy) is 1. The lowest BCUT2D eigenvalue weighted by molar-refractivity contribution is -0.116. The van der Waals surface area contributed by atoms with Crippen LogP contribution in [0.4, 0.5) is 0 Å². The number of benzene rings is 1. The van der Waals surface area contributed by atoms with E-state index in [4.69, 9.17) is 5.26 Å². The molecule has 1 aromatic carbocycles. The van der Waals surface area contributed by atoms with Crippen LogP contribution < -0.4 is 0 Å². The SMILES string of the molecule is COC(=O)c1ccc(CC(C)=O)cc1C#N. The molecule has 0 aliphatic carbocycles. The summed E-state index contributed by atoms with van der Waals surface area (Å²) in [7, 11) is 1.26. The molecule has 0 aromatic heterocycles. The van der Waals surface area contributed by atoms with Crippen molar-refractivity contribution in [2.24, 2.45) is 0 Å². The summed E-state index contributed by atoms with van der Waals surface area (Å²) < 4.78 is 4.54. The van der Waals surface area contributed by atoms with Gasteiger partial charge in [0.2, 0.25) is 0 Å². The fraction of sp³-hybridized carbons (Fsp3) is 0.250. The fourth-order valence-corrected chi connectivity index (χ4v) is 1.37. The van der Waals surface area contributed by atoms with Gasteiger partial charge in [0.15, 0.2) is 0 Å². The van der Waals surface area contributed by atoms with E-state index >= 15 is 0 Å². The normalized spacial score (nSPS) is 9.31. The molecule has 0 unspecified atom stereocenters. The van der Waals surface area contributed by atoms with Gasteiger partial charge in [-0.2, -0.15) is 5.26 Å². The van der Waals surface area contributed by atoms with E-state index in [9.17, 15) is 9.59 Å². The molecule has 82 valence electrons. The van der Waals surface area contributed by atoms with E-state index in [0.29, 0.717) is 0 Å². The monoisotopic (exact) mass is 217 g/mol. The molecule has 0 radical (unpaired) electrons. The number of rotatable bonds is 3. The molecular weight excluding hydrogens is 206 g/mol. The number of hydrogen-bond donors (Lipinski definition) is 0. The first-order valence-corrected chi connectivity index (χ1v) is 4.69. The zero-order chi connectivity index (χ0) is 12.1. The highest BCUT2D eigenvalue weighted by Crippen LogP contribution is 2.13. The van der Waals surface area contributed by atoms with E-state index < -0.39 is 5.97 Å². The van der Waals surface area contributed by atoms with Gasteiger partial charge in [-0.15, -0.1) is 0 Å². The topological polar surface area (TPSA) is 67.2 Å². The Balaban J connectivity index is 3.13. The van der Waals surface area contributed by atoms with Crippen molar-refractivity contribution >= 4 is 11.8 Å². The van der Waals surface area contributed by atoms with Crippen LogP contribution in [0.25, 0.3) is 0 Å². The number of hydrogen-bond acceptors (Lipinski definition) is 4. The largest absolute Gasteiger partial charge is 0.465 e. The van der Waals surface area contributed by atoms with Gasteiger partial charge in [0.1, 0.15) is 11.9 Å². The number of ketones is 1. The van der Waals surface area contributed by atoms with E-state index in [0.717, 1.165) is 5.56 Å². The van der Waals surface area contributed by atoms with Gasteiger partial charge < -0.3 is 4.74 Å². The maximum atomic E-state index is 11.3. The van der Waals surface area contributed by atoms with Crippen LogP contribution in [0.2, 0.25) is 0 Å². The van der Waals surface area contributed by atoms with Crippen LogP contribution in [-0.4, -0.2) is 18.9 Å². The minimum atomic E-state index is -0.550. The number of carbonyl (C=O) groups is 2. The van der Waals surface area contributed by atoms with Crippen molar-refractivity contribution in [2.75, 3.05) is 7.11 Å². The second-order valence-electron chi connectivity index (χ2n) is 3.36. The Kier molecular flexibility index (Phi) is 3.78. The molecule has 0 N–H and O–H groups in total. The van der Waals surface area contributed by atoms with Crippen molar-refractivity contribution in [3.63, 3.8) is 0 Å². The summed E-state index contributed by atoms with van der Waals surface area (Å²) in [5.74, 6) is -0.541. The van der Waals surface area contributed by atoms with Crippen LogP contribution in [-0.2, 0) is 16.0 Å². The molecule has 0 heterocycles. The molecule has 0 aliphatic heterocycles. The van der Waals surface area contributed by atoms with Crippen LogP contribution in [0.5, 0.6) is 0 Å². The van der Waals surface area contributed by atoms with E-state index in [1.807, 2.05) is 6.07 Å². The van der Waals surface area contributed by atoms with Crippen LogP contribution in [0.15, 0.2) is 18.2 Å². The van der Waals surface area contributed by atoms with Crippen LogP contribution in [0.3, 0.4) is 0 Å². The van der Waals surface area contributed by atoms with Crippen LogP contribution >= 0.6 is 0 Å². The zero-order valence-corrected chi connectivity index (χ0v) is 9.11. The van der Waals surface area contributed by atoms with Gasteiger partial charge >= 0.3 is 5.97 Å². The Morgan fingerprint density at radius 1 is 1.44 bits per heavy atom. The van der Waals surface area contributed by atoms with Gasteiger partial charge in [0, 0.05) is 6.42 Å². The van der Waals surface area contributed by atoms with Crippen LogP contribution in [0.1, 0.15) is 28.4 Å². The Bertz CT molecular complexity index is 472. The molecule has 16 heavy (non-hydrogen) atoms. The Morgan fingerprint density at radius 2 is 2.12 bits per heavy atom. The Hall–Kier alpha value is -2.15. The quantitative estimate of drug-likeness (QED) is 0.719. The second-order valence-corrected chi connectivity index (χ2v) is 3.36. The Morgan fingerprint density at radius 3 is 2.62 bits per heavy atom. The Labute approximate surface area is 93.5 Å². The van der Waals surface area contributed by atoms with Crippen molar-refractivity contribution in [1.29, 1.82) is 5.26 Å². The van der Waals surface area contributed by atoms with Gasteiger partial charge in [0.25, 0.3) is 0 Å². The molecule has 0 atom stereocenters. The first-order valence-electron chi connectivity index (χ1n) is 4.69. The fourth-order valence-electron chi connectivity index (χ4n) is 1.37. The summed E-state index contributed by atoms with van der Waals surface area (Å²) in [6.07, 6.45) is 0.260. The van der Waals surface area contributed by atoms with Crippen molar-refractivity contribution in [3.05, 3.63) is 34.9 Å². The van der Waals surface area contributed by atoms with Gasteiger partial charge in [-0.1, -0.05) is 6.07 Å². The van der Waals surface area contributed by atoms with Crippen molar-refractivity contribution in [2.45, 2.75) is 13.3 Å². The molecule has 1 aromatic rings. The number of nitrogens with zero attached hydrogens (tertiary/aromatic N) is 1. The summed E-state index contributed by atoms with van der Waals surface area (Å²) in [4.78, 5) is 22.2. The highest BCUT2D eigenvalue weighted by atomic mass is 16.5. The average molecular weight is 217 g/mol. The van der Waals surface area contributed by atoms with E-state index in [1.54, 1.807) is 6.07 Å². The maximum absolute atomic E-state index is 11.3. The average Bonchev–Trinajstić information content (AvgIpc) is 2.27. The van der Waals surface area contributed by atoms with Crippen LogP contribution in [0, 0.1) is 11.3 Å². The summed E-state index contributed by atoms with van der Waals surface area (Å²) in [5.41, 5.74) is 1.17. The summed E-state index contributed by atoms with van der Waals surface area (Å²) in [5, 5.41) is 8.88. The molecule has 0 saturated heterocycles. The number of nitriles is 1. The van der Waals surface area contributed by atoms with E-state index in [2.05, 4.69) is 4.74 Å². The molecule has 0 fully saturated rings. The lowest BCUT2D eigenvalue weighted by Gasteiger charge is -2.04. The predicted octanol–water partition coefficient (Wildman–Crippen LogP) is 1.48. The minimum absolute atomic E-state index is 0.00899. The summed E-state index contributed by atoms with van der Waals surface area (Å²) >= 11 is 0.